The zero-order valence-corrected chi connectivity index (χ0v) is 15.5. The highest BCUT2D eigenvalue weighted by Crippen LogP contribution is 2.36. The third-order valence-electron chi connectivity index (χ3n) is 3.59. The fourth-order valence-corrected chi connectivity index (χ4v) is 2.61. The Labute approximate surface area is 157 Å². The monoisotopic (exact) mass is 377 g/mol. The Balaban J connectivity index is 1.92. The van der Waals surface area contributed by atoms with Crippen LogP contribution in [0, 0.1) is 5.82 Å². The minimum Gasteiger partial charge on any atom is -0.493 e. The number of rotatable bonds is 8. The van der Waals surface area contributed by atoms with E-state index in [4.69, 9.17) is 21.1 Å². The number of ether oxygens (including phenoxy) is 2. The average molecular weight is 378 g/mol. The Morgan fingerprint density at radius 3 is 2.65 bits per heavy atom. The maximum absolute atomic E-state index is 12.8. The molecular weight excluding hydrogens is 357 g/mol. The SMILES string of the molecule is CCOc1c(Cl)cc(/C=C/C(=O)NCCc2ccc(F)cc2)cc1OC. The summed E-state index contributed by atoms with van der Waals surface area (Å²) in [5, 5.41) is 3.20. The van der Waals surface area contributed by atoms with E-state index in [2.05, 4.69) is 5.32 Å². The average Bonchev–Trinajstić information content (AvgIpc) is 2.63. The molecule has 26 heavy (non-hydrogen) atoms. The number of nitrogens with one attached hydrogen (secondary N) is 1. The Bertz CT molecular complexity index is 775. The molecule has 0 saturated heterocycles. The number of amides is 1. The van der Waals surface area contributed by atoms with Gasteiger partial charge in [-0.05, 0) is 54.8 Å². The van der Waals surface area contributed by atoms with Crippen LogP contribution < -0.4 is 14.8 Å². The van der Waals surface area contributed by atoms with E-state index < -0.39 is 0 Å². The zero-order chi connectivity index (χ0) is 18.9. The first-order chi connectivity index (χ1) is 12.5. The topological polar surface area (TPSA) is 47.6 Å². The van der Waals surface area contributed by atoms with Gasteiger partial charge in [-0.2, -0.15) is 0 Å². The van der Waals surface area contributed by atoms with Gasteiger partial charge in [-0.25, -0.2) is 4.39 Å². The predicted molar refractivity (Wildman–Crippen MR) is 101 cm³/mol. The molecule has 4 nitrogen and oxygen atoms in total. The molecule has 0 aromatic heterocycles. The van der Waals surface area contributed by atoms with Crippen LogP contribution in [0.1, 0.15) is 18.1 Å². The molecule has 0 aliphatic rings. The van der Waals surface area contributed by atoms with Gasteiger partial charge in [0.05, 0.1) is 18.7 Å². The number of methoxy groups -OCH3 is 1. The van der Waals surface area contributed by atoms with Gasteiger partial charge in [0.2, 0.25) is 5.91 Å². The van der Waals surface area contributed by atoms with Crippen molar-refractivity contribution < 1.29 is 18.7 Å². The normalized spacial score (nSPS) is 10.8. The summed E-state index contributed by atoms with van der Waals surface area (Å²) in [5.74, 6) is 0.495. The van der Waals surface area contributed by atoms with Crippen molar-refractivity contribution in [2.45, 2.75) is 13.3 Å². The second-order valence-corrected chi connectivity index (χ2v) is 5.88. The first-order valence-corrected chi connectivity index (χ1v) is 8.62. The highest BCUT2D eigenvalue weighted by atomic mass is 35.5. The summed E-state index contributed by atoms with van der Waals surface area (Å²) in [6.45, 7) is 2.80. The van der Waals surface area contributed by atoms with Crippen LogP contribution in [0.3, 0.4) is 0 Å². The molecule has 0 unspecified atom stereocenters. The fraction of sp³-hybridized carbons (Fsp3) is 0.250. The number of hydrogen-bond donors (Lipinski definition) is 1. The van der Waals surface area contributed by atoms with Crippen molar-refractivity contribution in [1.82, 2.24) is 5.32 Å². The minimum absolute atomic E-state index is 0.226. The van der Waals surface area contributed by atoms with Crippen LogP contribution in [0.15, 0.2) is 42.5 Å². The van der Waals surface area contributed by atoms with Crippen molar-refractivity contribution >= 4 is 23.6 Å². The van der Waals surface area contributed by atoms with Crippen molar-refractivity contribution in [1.29, 1.82) is 0 Å². The summed E-state index contributed by atoms with van der Waals surface area (Å²) in [5.41, 5.74) is 1.68. The lowest BCUT2D eigenvalue weighted by molar-refractivity contribution is -0.116. The highest BCUT2D eigenvalue weighted by molar-refractivity contribution is 6.32. The van der Waals surface area contributed by atoms with Crippen LogP contribution >= 0.6 is 11.6 Å². The molecular formula is C20H21ClFNO3. The van der Waals surface area contributed by atoms with Crippen molar-refractivity contribution in [2.75, 3.05) is 20.3 Å². The minimum atomic E-state index is -0.273. The Hall–Kier alpha value is -2.53. The maximum atomic E-state index is 12.8. The molecule has 0 heterocycles. The lowest BCUT2D eigenvalue weighted by Gasteiger charge is -2.11. The quantitative estimate of drug-likeness (QED) is 0.699. The lowest BCUT2D eigenvalue weighted by Crippen LogP contribution is -2.23. The van der Waals surface area contributed by atoms with Crippen molar-refractivity contribution in [3.8, 4) is 11.5 Å². The van der Waals surface area contributed by atoms with Crippen LogP contribution in [-0.2, 0) is 11.2 Å². The third kappa shape index (κ3) is 5.77. The molecule has 2 aromatic rings. The zero-order valence-electron chi connectivity index (χ0n) is 14.7. The molecule has 0 spiro atoms. The number of benzene rings is 2. The predicted octanol–water partition coefficient (Wildman–Crippen LogP) is 4.26. The summed E-state index contributed by atoms with van der Waals surface area (Å²) in [4.78, 5) is 11.9. The largest absolute Gasteiger partial charge is 0.493 e. The molecule has 0 atom stereocenters. The fourth-order valence-electron chi connectivity index (χ4n) is 2.33. The summed E-state index contributed by atoms with van der Waals surface area (Å²) >= 11 is 6.20. The smallest absolute Gasteiger partial charge is 0.244 e. The number of hydrogen-bond acceptors (Lipinski definition) is 3. The molecule has 138 valence electrons. The van der Waals surface area contributed by atoms with Gasteiger partial charge < -0.3 is 14.8 Å². The van der Waals surface area contributed by atoms with E-state index >= 15 is 0 Å². The van der Waals surface area contributed by atoms with Crippen molar-refractivity contribution in [2.24, 2.45) is 0 Å². The maximum Gasteiger partial charge on any atom is 0.244 e. The van der Waals surface area contributed by atoms with Gasteiger partial charge in [0.25, 0.3) is 0 Å². The summed E-state index contributed by atoms with van der Waals surface area (Å²) in [6, 6.07) is 9.66. The number of halogens is 2. The summed E-state index contributed by atoms with van der Waals surface area (Å²) in [6.07, 6.45) is 3.70. The molecule has 0 aliphatic heterocycles. The van der Waals surface area contributed by atoms with Crippen LogP contribution in [-0.4, -0.2) is 26.2 Å². The van der Waals surface area contributed by atoms with Gasteiger partial charge >= 0.3 is 0 Å². The molecule has 1 N–H and O–H groups in total. The van der Waals surface area contributed by atoms with E-state index in [1.54, 1.807) is 30.3 Å². The van der Waals surface area contributed by atoms with Gasteiger partial charge in [-0.15, -0.1) is 0 Å². The van der Waals surface area contributed by atoms with E-state index in [-0.39, 0.29) is 11.7 Å². The molecule has 0 radical (unpaired) electrons. The lowest BCUT2D eigenvalue weighted by atomic mass is 10.1. The van der Waals surface area contributed by atoms with E-state index in [0.29, 0.717) is 36.1 Å². The second kappa shape index (κ2) is 9.82. The highest BCUT2D eigenvalue weighted by Gasteiger charge is 2.10. The van der Waals surface area contributed by atoms with Gasteiger partial charge in [-0.3, -0.25) is 4.79 Å². The first-order valence-electron chi connectivity index (χ1n) is 8.24. The Morgan fingerprint density at radius 1 is 1.27 bits per heavy atom. The van der Waals surface area contributed by atoms with Crippen molar-refractivity contribution in [3.05, 3.63) is 64.4 Å². The molecule has 1 amide bonds. The summed E-state index contributed by atoms with van der Waals surface area (Å²) < 4.78 is 23.6. The molecule has 0 fully saturated rings. The number of carbonyl (C=O) groups is 1. The third-order valence-corrected chi connectivity index (χ3v) is 3.87. The van der Waals surface area contributed by atoms with Crippen LogP contribution in [0.4, 0.5) is 4.39 Å². The molecule has 0 aliphatic carbocycles. The molecule has 0 bridgehead atoms. The standard InChI is InChI=1S/C20H21ClFNO3/c1-3-26-20-17(21)12-15(13-18(20)25-2)6-9-19(24)23-11-10-14-4-7-16(22)8-5-14/h4-9,12-13H,3,10-11H2,1-2H3,(H,23,24)/b9-6+. The van der Waals surface area contributed by atoms with Crippen LogP contribution in [0.5, 0.6) is 11.5 Å². The molecule has 0 saturated carbocycles. The van der Waals surface area contributed by atoms with E-state index in [1.165, 1.54) is 25.3 Å². The van der Waals surface area contributed by atoms with Gasteiger partial charge in [0.1, 0.15) is 5.82 Å². The van der Waals surface area contributed by atoms with E-state index in [1.807, 2.05) is 6.92 Å². The van der Waals surface area contributed by atoms with E-state index in [9.17, 15) is 9.18 Å². The van der Waals surface area contributed by atoms with E-state index in [0.717, 1.165) is 11.1 Å². The Morgan fingerprint density at radius 2 is 2.00 bits per heavy atom. The summed E-state index contributed by atoms with van der Waals surface area (Å²) in [7, 11) is 1.53. The van der Waals surface area contributed by atoms with Gasteiger partial charge in [-0.1, -0.05) is 23.7 Å². The molecule has 2 rings (SSSR count). The second-order valence-electron chi connectivity index (χ2n) is 5.47. The Kier molecular flexibility index (Phi) is 7.48. The van der Waals surface area contributed by atoms with Crippen LogP contribution in [0.2, 0.25) is 5.02 Å². The molecule has 2 aromatic carbocycles. The molecule has 6 heteroatoms. The first kappa shape index (κ1) is 19.8. The van der Waals surface area contributed by atoms with Gasteiger partial charge in [0, 0.05) is 12.6 Å². The van der Waals surface area contributed by atoms with Crippen molar-refractivity contribution in [3.63, 3.8) is 0 Å². The van der Waals surface area contributed by atoms with Crippen LogP contribution in [0.25, 0.3) is 6.08 Å². The number of carbonyl (C=O) groups excluding carboxylic acids is 1. The van der Waals surface area contributed by atoms with Gasteiger partial charge in [0.15, 0.2) is 11.5 Å².